The van der Waals surface area contributed by atoms with Gasteiger partial charge in [0.25, 0.3) is 0 Å². The average Bonchev–Trinajstić information content (AvgIpc) is 2.80. The Morgan fingerprint density at radius 3 is 1.97 bits per heavy atom. The summed E-state index contributed by atoms with van der Waals surface area (Å²) >= 11 is 0. The van der Waals surface area contributed by atoms with E-state index in [9.17, 15) is 31.1 Å². The SMILES string of the molecule is CC(OCC1(c2ccccc2)CC(N)C1)c1cc(C(F)(F)F)cc(C(F)(F)F)c1.CCNC(=O)NN. The summed E-state index contributed by atoms with van der Waals surface area (Å²) in [6, 6.07) is 10.6. The van der Waals surface area contributed by atoms with Crippen LogP contribution in [0.2, 0.25) is 0 Å². The molecule has 1 atom stereocenters. The number of urea groups is 1. The molecule has 0 aliphatic heterocycles. The van der Waals surface area contributed by atoms with E-state index in [0.717, 1.165) is 5.56 Å². The summed E-state index contributed by atoms with van der Waals surface area (Å²) in [4.78, 5) is 10.1. The van der Waals surface area contributed by atoms with Gasteiger partial charge in [-0.15, -0.1) is 0 Å². The highest BCUT2D eigenvalue weighted by atomic mass is 19.4. The fourth-order valence-corrected chi connectivity index (χ4v) is 3.98. The van der Waals surface area contributed by atoms with Gasteiger partial charge >= 0.3 is 18.4 Å². The van der Waals surface area contributed by atoms with Crippen LogP contribution in [0.15, 0.2) is 48.5 Å². The molecule has 0 spiro atoms. The van der Waals surface area contributed by atoms with Crippen molar-refractivity contribution in [3.8, 4) is 0 Å². The molecular formula is C24H30F6N4O2. The van der Waals surface area contributed by atoms with Crippen molar-refractivity contribution in [2.75, 3.05) is 13.2 Å². The number of amides is 2. The fourth-order valence-electron chi connectivity index (χ4n) is 3.98. The van der Waals surface area contributed by atoms with E-state index in [1.54, 1.807) is 0 Å². The lowest BCUT2D eigenvalue weighted by Crippen LogP contribution is -2.52. The summed E-state index contributed by atoms with van der Waals surface area (Å²) in [6.07, 6.45) is -9.44. The third kappa shape index (κ3) is 7.84. The number of carbonyl (C=O) groups excluding carboxylic acids is 1. The van der Waals surface area contributed by atoms with Gasteiger partial charge in [-0.1, -0.05) is 30.3 Å². The minimum atomic E-state index is -4.89. The molecule has 0 aromatic heterocycles. The van der Waals surface area contributed by atoms with Crippen molar-refractivity contribution in [2.24, 2.45) is 11.6 Å². The molecule has 3 rings (SSSR count). The average molecular weight is 521 g/mol. The van der Waals surface area contributed by atoms with E-state index in [4.69, 9.17) is 16.3 Å². The number of halogens is 6. The largest absolute Gasteiger partial charge is 0.416 e. The second-order valence-electron chi connectivity index (χ2n) is 8.61. The van der Waals surface area contributed by atoms with E-state index in [2.05, 4.69) is 5.32 Å². The van der Waals surface area contributed by atoms with Gasteiger partial charge in [-0.2, -0.15) is 26.3 Å². The first-order valence-corrected chi connectivity index (χ1v) is 11.2. The van der Waals surface area contributed by atoms with Crippen LogP contribution in [0.5, 0.6) is 0 Å². The van der Waals surface area contributed by atoms with E-state index in [1.807, 2.05) is 42.7 Å². The lowest BCUT2D eigenvalue weighted by atomic mass is 9.62. The summed E-state index contributed by atoms with van der Waals surface area (Å²) in [5, 5.41) is 2.42. The van der Waals surface area contributed by atoms with Crippen molar-refractivity contribution in [2.45, 2.75) is 56.6 Å². The maximum atomic E-state index is 13.1. The molecule has 1 aliphatic carbocycles. The Bertz CT molecular complexity index is 960. The zero-order valence-electron chi connectivity index (χ0n) is 19.8. The van der Waals surface area contributed by atoms with E-state index in [-0.39, 0.29) is 35.7 Å². The van der Waals surface area contributed by atoms with E-state index in [1.165, 1.54) is 6.92 Å². The lowest BCUT2D eigenvalue weighted by Gasteiger charge is -2.47. The molecule has 200 valence electrons. The number of alkyl halides is 6. The molecule has 0 heterocycles. The van der Waals surface area contributed by atoms with Gasteiger partial charge in [-0.05, 0) is 56.0 Å². The number of hydrogen-bond acceptors (Lipinski definition) is 4. The van der Waals surface area contributed by atoms with Gasteiger partial charge in [-0.3, -0.25) is 5.43 Å². The van der Waals surface area contributed by atoms with Crippen LogP contribution < -0.4 is 22.3 Å². The Kier molecular flexibility index (Phi) is 9.75. The number of nitrogens with two attached hydrogens (primary N) is 2. The number of rotatable bonds is 6. The molecular weight excluding hydrogens is 490 g/mol. The predicted octanol–water partition coefficient (Wildman–Crippen LogP) is 5.04. The van der Waals surface area contributed by atoms with Crippen LogP contribution in [0.25, 0.3) is 0 Å². The normalized spacial score (nSPS) is 20.4. The Morgan fingerprint density at radius 1 is 1.06 bits per heavy atom. The minimum absolute atomic E-state index is 0.0144. The summed E-state index contributed by atoms with van der Waals surface area (Å²) in [5.74, 6) is 4.70. The van der Waals surface area contributed by atoms with Gasteiger partial charge in [0.05, 0.1) is 23.8 Å². The molecule has 2 aromatic carbocycles. The molecule has 0 saturated heterocycles. The van der Waals surface area contributed by atoms with Crippen molar-refractivity contribution in [1.29, 1.82) is 0 Å². The standard InChI is InChI=1S/C21H21F6NO.C3H9N3O/c1-13(14-7-16(20(22,23)24)9-17(8-14)21(25,26)27)29-12-19(10-18(28)11-19)15-5-3-2-4-6-15;1-2-5-3(7)6-4/h2-9,13,18H,10-12,28H2,1H3;2,4H2,1H3,(H2,5,6,7). The predicted molar refractivity (Wildman–Crippen MR) is 123 cm³/mol. The number of nitrogens with one attached hydrogen (secondary N) is 2. The zero-order chi connectivity index (χ0) is 27.1. The van der Waals surface area contributed by atoms with Gasteiger partial charge in [0.15, 0.2) is 0 Å². The first-order valence-electron chi connectivity index (χ1n) is 11.2. The Balaban J connectivity index is 0.000000572. The quantitative estimate of drug-likeness (QED) is 0.186. The topological polar surface area (TPSA) is 102 Å². The molecule has 2 aromatic rings. The molecule has 1 saturated carbocycles. The molecule has 2 amide bonds. The number of carbonyl (C=O) groups is 1. The highest BCUT2D eigenvalue weighted by Crippen LogP contribution is 2.44. The first-order chi connectivity index (χ1) is 16.7. The highest BCUT2D eigenvalue weighted by Gasteiger charge is 2.44. The van der Waals surface area contributed by atoms with Crippen LogP contribution in [0.1, 0.15) is 55.0 Å². The van der Waals surface area contributed by atoms with Crippen LogP contribution in [0.3, 0.4) is 0 Å². The van der Waals surface area contributed by atoms with Crippen LogP contribution in [-0.4, -0.2) is 25.2 Å². The summed E-state index contributed by atoms with van der Waals surface area (Å²) < 4.78 is 84.3. The molecule has 1 aliphatic rings. The number of hydrogen-bond donors (Lipinski definition) is 4. The van der Waals surface area contributed by atoms with Gasteiger partial charge < -0.3 is 15.8 Å². The zero-order valence-corrected chi connectivity index (χ0v) is 19.8. The van der Waals surface area contributed by atoms with Crippen molar-refractivity contribution in [1.82, 2.24) is 10.7 Å². The highest BCUT2D eigenvalue weighted by molar-refractivity contribution is 5.72. The van der Waals surface area contributed by atoms with Crippen LogP contribution in [0.4, 0.5) is 31.1 Å². The van der Waals surface area contributed by atoms with E-state index in [0.29, 0.717) is 31.5 Å². The van der Waals surface area contributed by atoms with Crippen molar-refractivity contribution < 1.29 is 35.9 Å². The second kappa shape index (κ2) is 11.9. The smallest absolute Gasteiger partial charge is 0.373 e. The van der Waals surface area contributed by atoms with E-state index >= 15 is 0 Å². The van der Waals surface area contributed by atoms with Crippen molar-refractivity contribution in [3.05, 3.63) is 70.8 Å². The maximum absolute atomic E-state index is 13.1. The minimum Gasteiger partial charge on any atom is -0.373 e. The van der Waals surface area contributed by atoms with Crippen LogP contribution in [-0.2, 0) is 22.5 Å². The molecule has 0 radical (unpaired) electrons. The summed E-state index contributed by atoms with van der Waals surface area (Å²) in [7, 11) is 0. The molecule has 6 nitrogen and oxygen atoms in total. The number of hydrazine groups is 1. The number of benzene rings is 2. The van der Waals surface area contributed by atoms with Gasteiger partial charge in [-0.25, -0.2) is 10.6 Å². The van der Waals surface area contributed by atoms with Gasteiger partial charge in [0, 0.05) is 18.0 Å². The summed E-state index contributed by atoms with van der Waals surface area (Å²) in [6.45, 7) is 4.02. The third-order valence-electron chi connectivity index (χ3n) is 5.85. The van der Waals surface area contributed by atoms with E-state index < -0.39 is 29.6 Å². The third-order valence-corrected chi connectivity index (χ3v) is 5.85. The molecule has 1 unspecified atom stereocenters. The van der Waals surface area contributed by atoms with Crippen molar-refractivity contribution >= 4 is 6.03 Å². The Hall–Kier alpha value is -2.83. The second-order valence-corrected chi connectivity index (χ2v) is 8.61. The Morgan fingerprint density at radius 2 is 1.58 bits per heavy atom. The number of ether oxygens (including phenoxy) is 1. The lowest BCUT2D eigenvalue weighted by molar-refractivity contribution is -0.143. The molecule has 12 heteroatoms. The molecule has 0 bridgehead atoms. The fraction of sp³-hybridized carbons (Fsp3) is 0.458. The van der Waals surface area contributed by atoms with Crippen LogP contribution in [0, 0.1) is 0 Å². The first kappa shape index (κ1) is 29.4. The monoisotopic (exact) mass is 520 g/mol. The Labute approximate surface area is 205 Å². The maximum Gasteiger partial charge on any atom is 0.416 e. The molecule has 1 fully saturated rings. The van der Waals surface area contributed by atoms with Crippen LogP contribution >= 0.6 is 0 Å². The summed E-state index contributed by atoms with van der Waals surface area (Å²) in [5.41, 5.74) is 5.60. The van der Waals surface area contributed by atoms with Crippen molar-refractivity contribution in [3.63, 3.8) is 0 Å². The van der Waals surface area contributed by atoms with Gasteiger partial charge in [0.2, 0.25) is 0 Å². The molecule has 6 N–H and O–H groups in total. The van der Waals surface area contributed by atoms with Gasteiger partial charge in [0.1, 0.15) is 0 Å². The molecule has 36 heavy (non-hydrogen) atoms.